The van der Waals surface area contributed by atoms with E-state index in [0.717, 1.165) is 35.1 Å². The highest BCUT2D eigenvalue weighted by Crippen LogP contribution is 2.40. The summed E-state index contributed by atoms with van der Waals surface area (Å²) in [5.41, 5.74) is 0.884. The van der Waals surface area contributed by atoms with E-state index in [1.807, 2.05) is 6.07 Å². The molecule has 3 nitrogen and oxygen atoms in total. The minimum absolute atomic E-state index is 0.243. The SMILES string of the molecule is O=C(c1cc(Br)cn1C1CC1)N1CC2CCCC2C1. The monoisotopic (exact) mass is 322 g/mol. The van der Waals surface area contributed by atoms with Crippen LogP contribution in [-0.4, -0.2) is 28.5 Å². The molecule has 0 spiro atoms. The molecule has 102 valence electrons. The van der Waals surface area contributed by atoms with Crippen LogP contribution in [0.3, 0.4) is 0 Å². The second kappa shape index (κ2) is 4.37. The van der Waals surface area contributed by atoms with E-state index >= 15 is 0 Å². The number of aromatic nitrogens is 1. The number of fused-ring (bicyclic) bond motifs is 1. The molecule has 2 saturated carbocycles. The van der Waals surface area contributed by atoms with E-state index in [-0.39, 0.29) is 5.91 Å². The van der Waals surface area contributed by atoms with Gasteiger partial charge in [0.1, 0.15) is 5.69 Å². The smallest absolute Gasteiger partial charge is 0.270 e. The van der Waals surface area contributed by atoms with Crippen molar-refractivity contribution in [3.63, 3.8) is 0 Å². The number of rotatable bonds is 2. The molecular weight excluding hydrogens is 304 g/mol. The molecule has 1 saturated heterocycles. The molecule has 0 bridgehead atoms. The van der Waals surface area contributed by atoms with Gasteiger partial charge >= 0.3 is 0 Å². The lowest BCUT2D eigenvalue weighted by atomic mass is 10.0. The van der Waals surface area contributed by atoms with E-state index in [0.29, 0.717) is 6.04 Å². The van der Waals surface area contributed by atoms with Crippen LogP contribution in [0.15, 0.2) is 16.7 Å². The molecule has 3 fully saturated rings. The average molecular weight is 323 g/mol. The van der Waals surface area contributed by atoms with Crippen LogP contribution < -0.4 is 0 Å². The second-order valence-electron chi connectivity index (χ2n) is 6.34. The zero-order valence-electron chi connectivity index (χ0n) is 11.0. The lowest BCUT2D eigenvalue weighted by Gasteiger charge is -2.18. The van der Waals surface area contributed by atoms with Crippen LogP contribution >= 0.6 is 15.9 Å². The average Bonchev–Trinajstić information content (AvgIpc) is 2.82. The topological polar surface area (TPSA) is 25.2 Å². The fourth-order valence-electron chi connectivity index (χ4n) is 3.83. The summed E-state index contributed by atoms with van der Waals surface area (Å²) in [6.07, 6.45) is 8.51. The Morgan fingerprint density at radius 2 is 1.84 bits per heavy atom. The van der Waals surface area contributed by atoms with Crippen LogP contribution in [0.5, 0.6) is 0 Å². The minimum Gasteiger partial charge on any atom is -0.339 e. The molecule has 0 N–H and O–H groups in total. The third-order valence-corrected chi connectivity index (χ3v) is 5.42. The summed E-state index contributed by atoms with van der Waals surface area (Å²) in [6, 6.07) is 2.56. The maximum absolute atomic E-state index is 12.7. The van der Waals surface area contributed by atoms with Crippen LogP contribution in [0, 0.1) is 11.8 Å². The molecule has 1 amide bonds. The van der Waals surface area contributed by atoms with Crippen LogP contribution in [0.4, 0.5) is 0 Å². The number of halogens is 1. The van der Waals surface area contributed by atoms with Gasteiger partial charge in [0.25, 0.3) is 5.91 Å². The van der Waals surface area contributed by atoms with Crippen molar-refractivity contribution in [1.82, 2.24) is 9.47 Å². The number of amides is 1. The first-order chi connectivity index (χ1) is 9.22. The van der Waals surface area contributed by atoms with Gasteiger partial charge in [0.05, 0.1) is 0 Å². The van der Waals surface area contributed by atoms with Gasteiger partial charge in [-0.1, -0.05) is 6.42 Å². The molecule has 2 unspecified atom stereocenters. The highest BCUT2D eigenvalue weighted by atomic mass is 79.9. The fraction of sp³-hybridized carbons (Fsp3) is 0.667. The van der Waals surface area contributed by atoms with Gasteiger partial charge < -0.3 is 9.47 Å². The van der Waals surface area contributed by atoms with Crippen LogP contribution in [0.1, 0.15) is 48.6 Å². The minimum atomic E-state index is 0.243. The summed E-state index contributed by atoms with van der Waals surface area (Å²) in [6.45, 7) is 1.97. The Labute approximate surface area is 122 Å². The Bertz CT molecular complexity index is 508. The first-order valence-corrected chi connectivity index (χ1v) is 8.18. The quantitative estimate of drug-likeness (QED) is 0.818. The highest BCUT2D eigenvalue weighted by Gasteiger charge is 2.39. The Kier molecular flexibility index (Phi) is 2.76. The molecule has 1 aromatic rings. The number of hydrogen-bond acceptors (Lipinski definition) is 1. The maximum Gasteiger partial charge on any atom is 0.270 e. The van der Waals surface area contributed by atoms with Crippen molar-refractivity contribution in [1.29, 1.82) is 0 Å². The summed E-state index contributed by atoms with van der Waals surface area (Å²) in [5.74, 6) is 1.79. The molecule has 19 heavy (non-hydrogen) atoms. The van der Waals surface area contributed by atoms with Gasteiger partial charge in [0.2, 0.25) is 0 Å². The van der Waals surface area contributed by atoms with E-state index in [1.54, 1.807) is 0 Å². The molecule has 3 aliphatic rings. The summed E-state index contributed by atoms with van der Waals surface area (Å²) in [7, 11) is 0. The Morgan fingerprint density at radius 3 is 2.47 bits per heavy atom. The summed E-state index contributed by atoms with van der Waals surface area (Å²) in [4.78, 5) is 14.8. The second-order valence-corrected chi connectivity index (χ2v) is 7.26. The summed E-state index contributed by atoms with van der Waals surface area (Å²) >= 11 is 3.51. The van der Waals surface area contributed by atoms with E-state index in [2.05, 4.69) is 31.6 Å². The summed E-state index contributed by atoms with van der Waals surface area (Å²) in [5, 5.41) is 0. The van der Waals surface area contributed by atoms with Crippen LogP contribution in [-0.2, 0) is 0 Å². The standard InChI is InChI=1S/C15H19BrN2O/c16-12-6-14(18(9-12)13-4-5-13)15(19)17-7-10-2-1-3-11(10)8-17/h6,9-11,13H,1-5,7-8H2. The molecular formula is C15H19BrN2O. The van der Waals surface area contributed by atoms with E-state index in [4.69, 9.17) is 0 Å². The molecule has 4 heteroatoms. The van der Waals surface area contributed by atoms with Gasteiger partial charge in [0.15, 0.2) is 0 Å². The molecule has 4 rings (SSSR count). The van der Waals surface area contributed by atoms with E-state index < -0.39 is 0 Å². The number of nitrogens with zero attached hydrogens (tertiary/aromatic N) is 2. The zero-order chi connectivity index (χ0) is 13.0. The van der Waals surface area contributed by atoms with Gasteiger partial charge in [0, 0.05) is 29.8 Å². The number of carbonyl (C=O) groups excluding carboxylic acids is 1. The summed E-state index contributed by atoms with van der Waals surface area (Å²) < 4.78 is 3.21. The zero-order valence-corrected chi connectivity index (χ0v) is 12.6. The highest BCUT2D eigenvalue weighted by molar-refractivity contribution is 9.10. The van der Waals surface area contributed by atoms with Gasteiger partial charge in [-0.3, -0.25) is 4.79 Å². The third kappa shape index (κ3) is 2.04. The van der Waals surface area contributed by atoms with Crippen LogP contribution in [0.25, 0.3) is 0 Å². The normalized spacial score (nSPS) is 29.8. The van der Waals surface area contributed by atoms with E-state index in [1.165, 1.54) is 32.1 Å². The largest absolute Gasteiger partial charge is 0.339 e. The maximum atomic E-state index is 12.7. The lowest BCUT2D eigenvalue weighted by Crippen LogP contribution is -2.31. The van der Waals surface area contributed by atoms with Gasteiger partial charge in [-0.15, -0.1) is 0 Å². The van der Waals surface area contributed by atoms with Crippen molar-refractivity contribution in [3.05, 3.63) is 22.4 Å². The first kappa shape index (κ1) is 12.0. The molecule has 2 atom stereocenters. The van der Waals surface area contributed by atoms with Crippen molar-refractivity contribution in [2.45, 2.75) is 38.1 Å². The molecule has 2 aliphatic carbocycles. The van der Waals surface area contributed by atoms with Gasteiger partial charge in [-0.25, -0.2) is 0 Å². The Hall–Kier alpha value is -0.770. The van der Waals surface area contributed by atoms with Crippen molar-refractivity contribution >= 4 is 21.8 Å². The number of likely N-dealkylation sites (tertiary alicyclic amines) is 1. The Balaban J connectivity index is 1.57. The lowest BCUT2D eigenvalue weighted by molar-refractivity contribution is 0.0769. The van der Waals surface area contributed by atoms with Crippen molar-refractivity contribution in [2.24, 2.45) is 11.8 Å². The Morgan fingerprint density at radius 1 is 1.16 bits per heavy atom. The number of hydrogen-bond donors (Lipinski definition) is 0. The molecule has 1 aliphatic heterocycles. The fourth-order valence-corrected chi connectivity index (χ4v) is 4.27. The predicted molar refractivity (Wildman–Crippen MR) is 77.1 cm³/mol. The van der Waals surface area contributed by atoms with Gasteiger partial charge in [-0.05, 0) is 59.5 Å². The molecule has 1 aromatic heterocycles. The van der Waals surface area contributed by atoms with Crippen molar-refractivity contribution in [2.75, 3.05) is 13.1 Å². The molecule has 0 radical (unpaired) electrons. The van der Waals surface area contributed by atoms with Gasteiger partial charge in [-0.2, -0.15) is 0 Å². The third-order valence-electron chi connectivity index (χ3n) is 4.99. The van der Waals surface area contributed by atoms with Crippen molar-refractivity contribution < 1.29 is 4.79 Å². The first-order valence-electron chi connectivity index (χ1n) is 7.39. The van der Waals surface area contributed by atoms with E-state index in [9.17, 15) is 4.79 Å². The molecule has 2 heterocycles. The van der Waals surface area contributed by atoms with Crippen LogP contribution in [0.2, 0.25) is 0 Å². The molecule has 0 aromatic carbocycles. The number of carbonyl (C=O) groups is 1. The predicted octanol–water partition coefficient (Wildman–Crippen LogP) is 3.46. The van der Waals surface area contributed by atoms with Crippen molar-refractivity contribution in [3.8, 4) is 0 Å².